The highest BCUT2D eigenvalue weighted by molar-refractivity contribution is 6.30. The van der Waals surface area contributed by atoms with Crippen LogP contribution in [0.3, 0.4) is 0 Å². The van der Waals surface area contributed by atoms with Gasteiger partial charge in [-0.1, -0.05) is 41.9 Å². The Bertz CT molecular complexity index is 1070. The van der Waals surface area contributed by atoms with E-state index in [1.807, 2.05) is 54.1 Å². The lowest BCUT2D eigenvalue weighted by molar-refractivity contribution is -0.123. The minimum atomic E-state index is -0.426. The minimum Gasteiger partial charge on any atom is -0.321 e. The molecule has 1 fully saturated rings. The van der Waals surface area contributed by atoms with Crippen molar-refractivity contribution >= 4 is 29.6 Å². The molecule has 1 saturated heterocycles. The number of rotatable bonds is 4. The lowest BCUT2D eigenvalue weighted by Gasteiger charge is -2.11. The van der Waals surface area contributed by atoms with Crippen molar-refractivity contribution in [2.24, 2.45) is 0 Å². The van der Waals surface area contributed by atoms with Gasteiger partial charge in [0.1, 0.15) is 5.70 Å². The van der Waals surface area contributed by atoms with Gasteiger partial charge in [0.2, 0.25) is 0 Å². The van der Waals surface area contributed by atoms with E-state index in [1.54, 1.807) is 30.3 Å². The van der Waals surface area contributed by atoms with Crippen LogP contribution in [0, 0.1) is 6.92 Å². The number of para-hydroxylation sites is 1. The van der Waals surface area contributed by atoms with Gasteiger partial charge in [0.15, 0.2) is 0 Å². The monoisotopic (exact) mass is 391 g/mol. The van der Waals surface area contributed by atoms with E-state index in [-0.39, 0.29) is 18.1 Å². The highest BCUT2D eigenvalue weighted by Crippen LogP contribution is 2.21. The lowest BCUT2D eigenvalue weighted by atomic mass is 10.2. The Morgan fingerprint density at radius 2 is 1.75 bits per heavy atom. The van der Waals surface area contributed by atoms with Gasteiger partial charge >= 0.3 is 6.03 Å². The van der Waals surface area contributed by atoms with Crippen LogP contribution in [0.2, 0.25) is 5.02 Å². The number of hydrogen-bond acceptors (Lipinski definition) is 2. The van der Waals surface area contributed by atoms with Gasteiger partial charge in [-0.2, -0.15) is 0 Å². The van der Waals surface area contributed by atoms with E-state index in [4.69, 9.17) is 11.6 Å². The molecule has 1 N–H and O–H groups in total. The molecule has 0 unspecified atom stereocenters. The molecule has 1 aliphatic rings. The summed E-state index contributed by atoms with van der Waals surface area (Å²) in [7, 11) is 0. The number of benzene rings is 2. The summed E-state index contributed by atoms with van der Waals surface area (Å²) in [6, 6.07) is 18.6. The van der Waals surface area contributed by atoms with E-state index in [0.29, 0.717) is 5.02 Å². The van der Waals surface area contributed by atoms with Crippen LogP contribution < -0.4 is 5.32 Å². The van der Waals surface area contributed by atoms with E-state index >= 15 is 0 Å². The van der Waals surface area contributed by atoms with Gasteiger partial charge in [0.05, 0.1) is 6.54 Å². The first-order valence-corrected chi connectivity index (χ1v) is 9.22. The Labute approximate surface area is 167 Å². The number of carbonyl (C=O) groups excluding carboxylic acids is 2. The zero-order valence-corrected chi connectivity index (χ0v) is 16.0. The standard InChI is InChI=1S/C22H18ClN3O2/c1-15-11-17(14-25(15)19-5-3-2-4-6-19)12-20-21(27)26(22(28)24-20)13-16-7-9-18(23)10-8-16/h2-12,14H,13H2,1H3,(H,24,28)/b20-12+. The van der Waals surface area contributed by atoms with Crippen molar-refractivity contribution in [3.63, 3.8) is 0 Å². The maximum Gasteiger partial charge on any atom is 0.329 e. The molecule has 3 aromatic rings. The van der Waals surface area contributed by atoms with Gasteiger partial charge in [-0.25, -0.2) is 4.79 Å². The molecular formula is C22H18ClN3O2. The highest BCUT2D eigenvalue weighted by Gasteiger charge is 2.33. The first-order chi connectivity index (χ1) is 13.5. The van der Waals surface area contributed by atoms with Crippen molar-refractivity contribution in [1.29, 1.82) is 0 Å². The fourth-order valence-electron chi connectivity index (χ4n) is 3.20. The quantitative estimate of drug-likeness (QED) is 0.524. The summed E-state index contributed by atoms with van der Waals surface area (Å²) in [5, 5.41) is 3.28. The number of imide groups is 1. The number of halogens is 1. The summed E-state index contributed by atoms with van der Waals surface area (Å²) in [6.07, 6.45) is 3.65. The Hall–Kier alpha value is -3.31. The fraction of sp³-hybridized carbons (Fsp3) is 0.0909. The molecule has 0 spiro atoms. The Morgan fingerprint density at radius 3 is 2.46 bits per heavy atom. The number of hydrogen-bond donors (Lipinski definition) is 1. The molecule has 140 valence electrons. The van der Waals surface area contributed by atoms with Gasteiger partial charge in [-0.3, -0.25) is 9.69 Å². The molecule has 3 amide bonds. The van der Waals surface area contributed by atoms with E-state index < -0.39 is 6.03 Å². The average molecular weight is 392 g/mol. The smallest absolute Gasteiger partial charge is 0.321 e. The van der Waals surface area contributed by atoms with Crippen LogP contribution in [0.15, 0.2) is 72.6 Å². The number of amides is 3. The van der Waals surface area contributed by atoms with Gasteiger partial charge < -0.3 is 9.88 Å². The predicted octanol–water partition coefficient (Wildman–Crippen LogP) is 4.53. The topological polar surface area (TPSA) is 54.3 Å². The first kappa shape index (κ1) is 18.1. The summed E-state index contributed by atoms with van der Waals surface area (Å²) < 4.78 is 2.04. The number of carbonyl (C=O) groups is 2. The third kappa shape index (κ3) is 3.57. The molecule has 0 radical (unpaired) electrons. The van der Waals surface area contributed by atoms with Crippen molar-refractivity contribution in [3.05, 3.63) is 94.4 Å². The molecular weight excluding hydrogens is 374 g/mol. The summed E-state index contributed by atoms with van der Waals surface area (Å²) >= 11 is 5.89. The molecule has 0 saturated carbocycles. The van der Waals surface area contributed by atoms with E-state index in [9.17, 15) is 9.59 Å². The third-order valence-electron chi connectivity index (χ3n) is 4.60. The SMILES string of the molecule is Cc1cc(/C=C2/NC(=O)N(Cc3ccc(Cl)cc3)C2=O)cn1-c1ccccc1. The van der Waals surface area contributed by atoms with Gasteiger partial charge in [0, 0.05) is 22.6 Å². The predicted molar refractivity (Wildman–Crippen MR) is 109 cm³/mol. The summed E-state index contributed by atoms with van der Waals surface area (Å²) in [4.78, 5) is 26.2. The maximum atomic E-state index is 12.7. The van der Waals surface area contributed by atoms with E-state index in [1.165, 1.54) is 4.90 Å². The van der Waals surface area contributed by atoms with Crippen molar-refractivity contribution in [2.45, 2.75) is 13.5 Å². The molecule has 0 bridgehead atoms. The van der Waals surface area contributed by atoms with Crippen molar-refractivity contribution in [1.82, 2.24) is 14.8 Å². The molecule has 28 heavy (non-hydrogen) atoms. The first-order valence-electron chi connectivity index (χ1n) is 8.85. The van der Waals surface area contributed by atoms with Crippen molar-refractivity contribution < 1.29 is 9.59 Å². The van der Waals surface area contributed by atoms with Crippen LogP contribution in [-0.4, -0.2) is 21.4 Å². The molecule has 2 heterocycles. The van der Waals surface area contributed by atoms with Gasteiger partial charge in [-0.05, 0) is 54.5 Å². The summed E-state index contributed by atoms with van der Waals surface area (Å²) in [5.74, 6) is -0.343. The van der Waals surface area contributed by atoms with Crippen LogP contribution in [-0.2, 0) is 11.3 Å². The van der Waals surface area contributed by atoms with Crippen molar-refractivity contribution in [3.8, 4) is 5.69 Å². The number of nitrogens with zero attached hydrogens (tertiary/aromatic N) is 2. The Morgan fingerprint density at radius 1 is 1.04 bits per heavy atom. The Kier molecular flexibility index (Phi) is 4.75. The molecule has 4 rings (SSSR count). The average Bonchev–Trinajstić information content (AvgIpc) is 3.18. The second-order valence-electron chi connectivity index (χ2n) is 6.63. The molecule has 1 aromatic heterocycles. The lowest BCUT2D eigenvalue weighted by Crippen LogP contribution is -2.30. The summed E-state index contributed by atoms with van der Waals surface area (Å²) in [5.41, 5.74) is 4.02. The molecule has 6 heteroatoms. The summed E-state index contributed by atoms with van der Waals surface area (Å²) in [6.45, 7) is 2.19. The van der Waals surface area contributed by atoms with E-state index in [0.717, 1.165) is 22.5 Å². The van der Waals surface area contributed by atoms with Crippen molar-refractivity contribution in [2.75, 3.05) is 0 Å². The molecule has 5 nitrogen and oxygen atoms in total. The molecule has 1 aliphatic heterocycles. The maximum absolute atomic E-state index is 12.7. The zero-order valence-electron chi connectivity index (χ0n) is 15.2. The second kappa shape index (κ2) is 7.37. The van der Waals surface area contributed by atoms with E-state index in [2.05, 4.69) is 5.32 Å². The van der Waals surface area contributed by atoms with Crippen LogP contribution in [0.25, 0.3) is 11.8 Å². The number of urea groups is 1. The van der Waals surface area contributed by atoms with Crippen LogP contribution >= 0.6 is 11.6 Å². The van der Waals surface area contributed by atoms with Crippen LogP contribution in [0.1, 0.15) is 16.8 Å². The largest absolute Gasteiger partial charge is 0.329 e. The van der Waals surface area contributed by atoms with Crippen LogP contribution in [0.5, 0.6) is 0 Å². The number of aromatic nitrogens is 1. The molecule has 0 atom stereocenters. The molecule has 2 aromatic carbocycles. The normalized spacial score (nSPS) is 15.4. The number of nitrogens with one attached hydrogen (secondary N) is 1. The zero-order chi connectivity index (χ0) is 19.7. The second-order valence-corrected chi connectivity index (χ2v) is 7.06. The minimum absolute atomic E-state index is 0.198. The third-order valence-corrected chi connectivity index (χ3v) is 4.85. The van der Waals surface area contributed by atoms with Gasteiger partial charge in [-0.15, -0.1) is 0 Å². The molecule has 0 aliphatic carbocycles. The Balaban J connectivity index is 1.57. The highest BCUT2D eigenvalue weighted by atomic mass is 35.5. The number of aryl methyl sites for hydroxylation is 1. The van der Waals surface area contributed by atoms with Crippen LogP contribution in [0.4, 0.5) is 4.79 Å². The fourth-order valence-corrected chi connectivity index (χ4v) is 3.32. The van der Waals surface area contributed by atoms with Gasteiger partial charge in [0.25, 0.3) is 5.91 Å².